The summed E-state index contributed by atoms with van der Waals surface area (Å²) in [6.45, 7) is 5.28. The summed E-state index contributed by atoms with van der Waals surface area (Å²) in [6, 6.07) is 3.09. The standard InChI is InChI=1S/C25H24F5N7O2/c1-4-19(35-23(38)5-2)11-20(12-26)32-16-33-24(36-21-13-34-37(3)14-21)31-7-6-17-8-18(27)10-22(9-17)39-15-25(28,29)30/h4-14,16H,1-2,15H2,3H3,(H,35,38)(H2,31,32,33,36)/b7-6+,19-11+,20-12-. The number of carbonyl (C=O) groups is 1. The molecule has 39 heavy (non-hydrogen) atoms. The van der Waals surface area contributed by atoms with Crippen molar-refractivity contribution in [3.8, 4) is 5.75 Å². The number of halogens is 5. The maximum absolute atomic E-state index is 13.8. The van der Waals surface area contributed by atoms with Crippen LogP contribution in [0.1, 0.15) is 5.56 Å². The molecular weight excluding hydrogens is 525 g/mol. The predicted molar refractivity (Wildman–Crippen MR) is 139 cm³/mol. The summed E-state index contributed by atoms with van der Waals surface area (Å²) in [5.74, 6) is -1.67. The van der Waals surface area contributed by atoms with Crippen LogP contribution >= 0.6 is 0 Å². The fourth-order valence-corrected chi connectivity index (χ4v) is 2.62. The lowest BCUT2D eigenvalue weighted by Gasteiger charge is -2.09. The first-order valence-corrected chi connectivity index (χ1v) is 10.9. The van der Waals surface area contributed by atoms with E-state index in [2.05, 4.69) is 48.9 Å². The van der Waals surface area contributed by atoms with Gasteiger partial charge in [-0.2, -0.15) is 18.3 Å². The summed E-state index contributed by atoms with van der Waals surface area (Å²) in [6.07, 6.45) is 5.93. The Morgan fingerprint density at radius 3 is 2.59 bits per heavy atom. The molecule has 3 N–H and O–H groups in total. The Kier molecular flexibility index (Phi) is 11.4. The molecule has 1 heterocycles. The number of rotatable bonds is 11. The molecule has 0 atom stereocenters. The summed E-state index contributed by atoms with van der Waals surface area (Å²) in [5.41, 5.74) is 0.756. The van der Waals surface area contributed by atoms with Crippen molar-refractivity contribution in [2.75, 3.05) is 11.9 Å². The average Bonchev–Trinajstić information content (AvgIpc) is 3.29. The van der Waals surface area contributed by atoms with Crippen LogP contribution < -0.4 is 20.7 Å². The number of aryl methyl sites for hydroxylation is 1. The molecule has 0 aliphatic heterocycles. The Hall–Kier alpha value is -5.01. The topological polar surface area (TPSA) is 105 Å². The first kappa shape index (κ1) is 30.2. The van der Waals surface area contributed by atoms with Gasteiger partial charge in [-0.1, -0.05) is 13.2 Å². The number of aliphatic imine (C=N–C) groups is 2. The van der Waals surface area contributed by atoms with Crippen LogP contribution in [0, 0.1) is 5.82 Å². The minimum absolute atomic E-state index is 0.0252. The quantitative estimate of drug-likeness (QED) is 0.124. The SMILES string of the molecule is C=CC(=O)N/C(C=C)=C/C(=C/F)N/C=N/C(=N\C=C\c1cc(F)cc(OCC(F)(F)F)c1)Nc1cnn(C)c1. The van der Waals surface area contributed by atoms with Crippen molar-refractivity contribution in [2.24, 2.45) is 17.0 Å². The zero-order valence-electron chi connectivity index (χ0n) is 20.5. The van der Waals surface area contributed by atoms with Crippen LogP contribution in [0.25, 0.3) is 6.08 Å². The number of benzene rings is 1. The molecule has 2 aromatic rings. The minimum Gasteiger partial charge on any atom is -0.484 e. The molecule has 0 saturated heterocycles. The second-order valence-electron chi connectivity index (χ2n) is 7.38. The molecule has 0 aliphatic carbocycles. The van der Waals surface area contributed by atoms with Crippen LogP contribution in [-0.4, -0.2) is 40.8 Å². The van der Waals surface area contributed by atoms with E-state index in [-0.39, 0.29) is 35.0 Å². The molecule has 206 valence electrons. The molecule has 14 heteroatoms. The van der Waals surface area contributed by atoms with Gasteiger partial charge in [0.05, 0.1) is 23.9 Å². The lowest BCUT2D eigenvalue weighted by molar-refractivity contribution is -0.153. The van der Waals surface area contributed by atoms with Gasteiger partial charge in [0.2, 0.25) is 11.9 Å². The van der Waals surface area contributed by atoms with Crippen molar-refractivity contribution in [1.82, 2.24) is 20.4 Å². The van der Waals surface area contributed by atoms with Crippen LogP contribution in [0.3, 0.4) is 0 Å². The fourth-order valence-electron chi connectivity index (χ4n) is 2.62. The lowest BCUT2D eigenvalue weighted by atomic mass is 10.2. The van der Waals surface area contributed by atoms with E-state index >= 15 is 0 Å². The molecule has 0 aliphatic rings. The second kappa shape index (κ2) is 14.7. The number of carbonyl (C=O) groups excluding carboxylic acids is 1. The van der Waals surface area contributed by atoms with Gasteiger partial charge in [-0.05, 0) is 42.0 Å². The Morgan fingerprint density at radius 1 is 1.21 bits per heavy atom. The number of nitrogens with zero attached hydrogens (tertiary/aromatic N) is 4. The van der Waals surface area contributed by atoms with E-state index in [0.29, 0.717) is 5.69 Å². The Balaban J connectivity index is 2.23. The van der Waals surface area contributed by atoms with Gasteiger partial charge in [-0.3, -0.25) is 9.48 Å². The number of hydrogen-bond acceptors (Lipinski definition) is 4. The first-order chi connectivity index (χ1) is 18.5. The van der Waals surface area contributed by atoms with Crippen molar-refractivity contribution < 1.29 is 31.5 Å². The molecule has 1 amide bonds. The molecule has 9 nitrogen and oxygen atoms in total. The van der Waals surface area contributed by atoms with Crippen LogP contribution in [0.5, 0.6) is 5.75 Å². The van der Waals surface area contributed by atoms with E-state index in [1.54, 1.807) is 13.2 Å². The van der Waals surface area contributed by atoms with Crippen molar-refractivity contribution in [2.45, 2.75) is 6.18 Å². The monoisotopic (exact) mass is 549 g/mol. The lowest BCUT2D eigenvalue weighted by Crippen LogP contribution is -2.20. The highest BCUT2D eigenvalue weighted by molar-refractivity contribution is 5.98. The number of ether oxygens (including phenoxy) is 1. The highest BCUT2D eigenvalue weighted by atomic mass is 19.4. The van der Waals surface area contributed by atoms with E-state index in [1.165, 1.54) is 41.4 Å². The van der Waals surface area contributed by atoms with Crippen molar-refractivity contribution in [3.63, 3.8) is 0 Å². The van der Waals surface area contributed by atoms with E-state index in [4.69, 9.17) is 0 Å². The first-order valence-electron chi connectivity index (χ1n) is 10.9. The van der Waals surface area contributed by atoms with Gasteiger partial charge >= 0.3 is 6.18 Å². The summed E-state index contributed by atoms with van der Waals surface area (Å²) in [4.78, 5) is 19.6. The van der Waals surface area contributed by atoms with Gasteiger partial charge in [0.15, 0.2) is 6.61 Å². The maximum Gasteiger partial charge on any atom is 0.422 e. The Labute approximate surface area is 220 Å². The number of aromatic nitrogens is 2. The Bertz CT molecular complexity index is 1320. The number of hydrogen-bond donors (Lipinski definition) is 3. The number of amides is 1. The maximum atomic E-state index is 13.8. The molecule has 1 aromatic heterocycles. The van der Waals surface area contributed by atoms with Gasteiger partial charge in [0.1, 0.15) is 17.9 Å². The van der Waals surface area contributed by atoms with E-state index in [1.807, 2.05) is 0 Å². The zero-order valence-corrected chi connectivity index (χ0v) is 20.5. The summed E-state index contributed by atoms with van der Waals surface area (Å²) in [5, 5.41) is 11.9. The molecule has 0 radical (unpaired) electrons. The number of nitrogens with one attached hydrogen (secondary N) is 3. The minimum atomic E-state index is -4.58. The molecular formula is C25H24F5N7O2. The van der Waals surface area contributed by atoms with E-state index in [9.17, 15) is 26.7 Å². The Morgan fingerprint density at radius 2 is 1.97 bits per heavy atom. The molecule has 0 spiro atoms. The third-order valence-electron chi connectivity index (χ3n) is 4.24. The van der Waals surface area contributed by atoms with Crippen LogP contribution in [-0.2, 0) is 11.8 Å². The number of anilines is 1. The largest absolute Gasteiger partial charge is 0.484 e. The van der Waals surface area contributed by atoms with Crippen LogP contribution in [0.4, 0.5) is 27.6 Å². The third-order valence-corrected chi connectivity index (χ3v) is 4.24. The molecule has 0 unspecified atom stereocenters. The highest BCUT2D eigenvalue weighted by Gasteiger charge is 2.28. The highest BCUT2D eigenvalue weighted by Crippen LogP contribution is 2.21. The van der Waals surface area contributed by atoms with Crippen molar-refractivity contribution in [3.05, 3.63) is 97.3 Å². The molecule has 0 saturated carbocycles. The van der Waals surface area contributed by atoms with Crippen LogP contribution in [0.15, 0.2) is 95.9 Å². The van der Waals surface area contributed by atoms with Crippen molar-refractivity contribution in [1.29, 1.82) is 0 Å². The fraction of sp³-hybridized carbons (Fsp3) is 0.120. The average molecular weight is 550 g/mol. The van der Waals surface area contributed by atoms with Gasteiger partial charge in [-0.15, -0.1) is 0 Å². The number of guanidine groups is 1. The van der Waals surface area contributed by atoms with Crippen LogP contribution in [0.2, 0.25) is 0 Å². The predicted octanol–water partition coefficient (Wildman–Crippen LogP) is 4.74. The number of alkyl halides is 3. The summed E-state index contributed by atoms with van der Waals surface area (Å²) < 4.78 is 70.5. The van der Waals surface area contributed by atoms with Gasteiger partial charge < -0.3 is 20.7 Å². The van der Waals surface area contributed by atoms with Gasteiger partial charge in [0.25, 0.3) is 0 Å². The molecule has 1 aromatic carbocycles. The van der Waals surface area contributed by atoms with Gasteiger partial charge in [0, 0.05) is 31.2 Å². The molecule has 2 rings (SSSR count). The normalized spacial score (nSPS) is 13.0. The number of allylic oxidation sites excluding steroid dienone is 2. The molecule has 0 bridgehead atoms. The summed E-state index contributed by atoms with van der Waals surface area (Å²) >= 11 is 0. The second-order valence-corrected chi connectivity index (χ2v) is 7.38. The van der Waals surface area contributed by atoms with Gasteiger partial charge in [-0.25, -0.2) is 18.8 Å². The van der Waals surface area contributed by atoms with E-state index < -0.39 is 24.5 Å². The summed E-state index contributed by atoms with van der Waals surface area (Å²) in [7, 11) is 1.68. The van der Waals surface area contributed by atoms with E-state index in [0.717, 1.165) is 24.5 Å². The van der Waals surface area contributed by atoms with Crippen molar-refractivity contribution >= 4 is 30.0 Å². The third kappa shape index (κ3) is 11.7. The molecule has 0 fully saturated rings. The smallest absolute Gasteiger partial charge is 0.422 e. The zero-order chi connectivity index (χ0) is 28.8.